The highest BCUT2D eigenvalue weighted by atomic mass is 16.5. The third-order valence-corrected chi connectivity index (χ3v) is 5.33. The lowest BCUT2D eigenvalue weighted by molar-refractivity contribution is 0.321. The number of aryl methyl sites for hydroxylation is 4. The molecule has 3 heterocycles. The second-order valence-corrected chi connectivity index (χ2v) is 7.91. The summed E-state index contributed by atoms with van der Waals surface area (Å²) in [7, 11) is 0. The molecule has 3 aliphatic rings. The quantitative estimate of drug-likeness (QED) is 0.746. The van der Waals surface area contributed by atoms with Gasteiger partial charge in [-0.3, -0.25) is 0 Å². The Morgan fingerprint density at radius 2 is 1.16 bits per heavy atom. The number of guanidine groups is 3. The molecule has 0 spiro atoms. The average molecular weight is 425 g/mol. The lowest BCUT2D eigenvalue weighted by Gasteiger charge is -2.30. The van der Waals surface area contributed by atoms with Gasteiger partial charge in [0.05, 0.1) is 6.61 Å². The molecule has 0 atom stereocenters. The van der Waals surface area contributed by atoms with E-state index in [1.807, 2.05) is 45.0 Å². The molecular weight excluding hydrogens is 402 g/mol. The van der Waals surface area contributed by atoms with Crippen LogP contribution in [-0.2, 0) is 4.74 Å². The summed E-state index contributed by atoms with van der Waals surface area (Å²) in [5.41, 5.74) is 6.39. The monoisotopic (exact) mass is 425 g/mol. The van der Waals surface area contributed by atoms with E-state index in [2.05, 4.69) is 36.0 Å². The normalized spacial score (nSPS) is 16.8. The van der Waals surface area contributed by atoms with Gasteiger partial charge in [0.2, 0.25) is 17.9 Å². The van der Waals surface area contributed by atoms with Gasteiger partial charge in [-0.05, 0) is 45.7 Å². The van der Waals surface area contributed by atoms with Crippen molar-refractivity contribution in [2.45, 2.75) is 34.6 Å². The molecule has 0 radical (unpaired) electrons. The third kappa shape index (κ3) is 3.43. The van der Waals surface area contributed by atoms with Gasteiger partial charge in [0.1, 0.15) is 0 Å². The van der Waals surface area contributed by atoms with Crippen LogP contribution >= 0.6 is 0 Å². The maximum Gasteiger partial charge on any atom is 0.323 e. The van der Waals surface area contributed by atoms with E-state index in [9.17, 15) is 0 Å². The smallest absolute Gasteiger partial charge is 0.323 e. The topological polar surface area (TPSA) is 86.6 Å². The number of rotatable bonds is 3. The number of aliphatic imine (C=N–C) groups is 6. The van der Waals surface area contributed by atoms with Crippen LogP contribution in [0, 0.1) is 27.7 Å². The number of nitrogens with zero attached hydrogens (tertiary/aromatic N) is 7. The van der Waals surface area contributed by atoms with Crippen LogP contribution in [0.25, 0.3) is 0 Å². The van der Waals surface area contributed by atoms with Crippen molar-refractivity contribution >= 4 is 35.6 Å². The van der Waals surface area contributed by atoms with E-state index < -0.39 is 0 Å². The summed E-state index contributed by atoms with van der Waals surface area (Å²) >= 11 is 0. The first-order valence-electron chi connectivity index (χ1n) is 10.5. The summed E-state index contributed by atoms with van der Waals surface area (Å²) in [5.74, 6) is 2.33. The fraction of sp³-hybridized carbons (Fsp3) is 0.250. The molecule has 0 aromatic heterocycles. The van der Waals surface area contributed by atoms with Gasteiger partial charge < -0.3 is 4.74 Å². The van der Waals surface area contributed by atoms with Crippen molar-refractivity contribution in [3.63, 3.8) is 0 Å². The molecule has 2 aromatic carbocycles. The van der Waals surface area contributed by atoms with Crippen molar-refractivity contribution in [2.24, 2.45) is 30.0 Å². The summed E-state index contributed by atoms with van der Waals surface area (Å²) in [6.07, 6.45) is 0. The van der Waals surface area contributed by atoms with E-state index >= 15 is 0 Å². The van der Waals surface area contributed by atoms with Crippen molar-refractivity contribution in [2.75, 3.05) is 6.61 Å². The fourth-order valence-electron chi connectivity index (χ4n) is 3.83. The van der Waals surface area contributed by atoms with Crippen molar-refractivity contribution in [3.05, 3.63) is 69.8 Å². The van der Waals surface area contributed by atoms with Gasteiger partial charge in [-0.15, -0.1) is 0 Å². The van der Waals surface area contributed by atoms with E-state index in [0.717, 1.165) is 22.3 Å². The largest absolute Gasteiger partial charge is 0.464 e. The van der Waals surface area contributed by atoms with Gasteiger partial charge in [0.25, 0.3) is 0 Å². The Hall–Kier alpha value is -3.94. The summed E-state index contributed by atoms with van der Waals surface area (Å²) in [6, 6.07) is 12.6. The predicted molar refractivity (Wildman–Crippen MR) is 128 cm³/mol. The Balaban J connectivity index is 1.69. The van der Waals surface area contributed by atoms with Crippen molar-refractivity contribution < 1.29 is 4.74 Å². The predicted octanol–water partition coefficient (Wildman–Crippen LogP) is 3.92. The van der Waals surface area contributed by atoms with Crippen LogP contribution in [0.4, 0.5) is 0 Å². The summed E-state index contributed by atoms with van der Waals surface area (Å²) in [6.45, 7) is 10.5. The summed E-state index contributed by atoms with van der Waals surface area (Å²) in [4.78, 5) is 29.6. The number of amidine groups is 3. The van der Waals surface area contributed by atoms with Gasteiger partial charge in [-0.2, -0.15) is 30.0 Å². The second-order valence-electron chi connectivity index (χ2n) is 7.91. The van der Waals surface area contributed by atoms with E-state index in [4.69, 9.17) is 24.7 Å². The van der Waals surface area contributed by atoms with Crippen molar-refractivity contribution in [1.29, 1.82) is 0 Å². The Morgan fingerprint density at radius 3 is 1.66 bits per heavy atom. The van der Waals surface area contributed by atoms with E-state index in [-0.39, 0.29) is 6.02 Å². The Morgan fingerprint density at radius 1 is 0.656 bits per heavy atom. The lowest BCUT2D eigenvalue weighted by atomic mass is 10.0. The van der Waals surface area contributed by atoms with E-state index in [1.54, 1.807) is 4.90 Å². The maximum atomic E-state index is 5.59. The van der Waals surface area contributed by atoms with Gasteiger partial charge in [-0.25, -0.2) is 4.90 Å². The molecule has 0 aliphatic carbocycles. The Labute approximate surface area is 186 Å². The zero-order chi connectivity index (χ0) is 22.4. The first kappa shape index (κ1) is 20.0. The van der Waals surface area contributed by atoms with Gasteiger partial charge in [0, 0.05) is 11.1 Å². The molecular formula is C24H23N7O. The SMILES string of the molecule is CCOC1=NC2=NC(c3ccc(C)cc3C)=NC3=NC(c4ccc(C)cc4C)=NC(=N1)N23. The molecule has 8 heteroatoms. The van der Waals surface area contributed by atoms with E-state index in [1.165, 1.54) is 11.1 Å². The molecule has 5 rings (SSSR count). The highest BCUT2D eigenvalue weighted by Gasteiger charge is 2.36. The molecule has 160 valence electrons. The first-order chi connectivity index (χ1) is 15.4. The summed E-state index contributed by atoms with van der Waals surface area (Å²) < 4.78 is 5.59. The minimum atomic E-state index is 0.226. The molecule has 0 fully saturated rings. The standard InChI is InChI=1S/C24H23N7O/c1-6-32-24-29-22-27-19(17-9-7-13(2)11-15(17)4)25-21-26-20(28-23(30-24)31(21)22)18-10-8-14(3)12-16(18)5/h7-12H,6H2,1-5H3. The number of hydrogen-bond donors (Lipinski definition) is 0. The fourth-order valence-corrected chi connectivity index (χ4v) is 3.83. The molecule has 2 aromatic rings. The Kier molecular flexibility index (Phi) is 4.77. The minimum absolute atomic E-state index is 0.226. The van der Waals surface area contributed by atoms with Gasteiger partial charge >= 0.3 is 6.02 Å². The molecule has 0 saturated heterocycles. The highest BCUT2D eigenvalue weighted by Crippen LogP contribution is 2.23. The third-order valence-electron chi connectivity index (χ3n) is 5.33. The Bertz CT molecular complexity index is 1280. The maximum absolute atomic E-state index is 5.59. The minimum Gasteiger partial charge on any atom is -0.464 e. The molecule has 0 unspecified atom stereocenters. The van der Waals surface area contributed by atoms with Crippen LogP contribution in [0.1, 0.15) is 40.3 Å². The average Bonchev–Trinajstić information content (AvgIpc) is 2.73. The number of ether oxygens (including phenoxy) is 1. The van der Waals surface area contributed by atoms with Crippen LogP contribution < -0.4 is 0 Å². The molecule has 8 nitrogen and oxygen atoms in total. The molecule has 3 aliphatic heterocycles. The number of hydrogen-bond acceptors (Lipinski definition) is 8. The van der Waals surface area contributed by atoms with Crippen LogP contribution in [0.3, 0.4) is 0 Å². The molecule has 32 heavy (non-hydrogen) atoms. The van der Waals surface area contributed by atoms with Crippen LogP contribution in [0.5, 0.6) is 0 Å². The summed E-state index contributed by atoms with van der Waals surface area (Å²) in [5, 5.41) is 0. The second kappa shape index (κ2) is 7.64. The van der Waals surface area contributed by atoms with Crippen LogP contribution in [0.15, 0.2) is 66.4 Å². The lowest BCUT2D eigenvalue weighted by Crippen LogP contribution is -2.48. The zero-order valence-corrected chi connectivity index (χ0v) is 18.7. The highest BCUT2D eigenvalue weighted by molar-refractivity contribution is 6.32. The number of benzene rings is 2. The van der Waals surface area contributed by atoms with Crippen LogP contribution in [0.2, 0.25) is 0 Å². The van der Waals surface area contributed by atoms with Crippen molar-refractivity contribution in [3.8, 4) is 0 Å². The van der Waals surface area contributed by atoms with E-state index in [0.29, 0.717) is 36.2 Å². The van der Waals surface area contributed by atoms with Gasteiger partial charge in [-0.1, -0.05) is 47.5 Å². The molecule has 0 amide bonds. The van der Waals surface area contributed by atoms with Crippen LogP contribution in [-0.4, -0.2) is 47.1 Å². The van der Waals surface area contributed by atoms with Crippen molar-refractivity contribution in [1.82, 2.24) is 4.90 Å². The molecule has 0 bridgehead atoms. The molecule has 0 N–H and O–H groups in total. The molecule has 0 saturated carbocycles. The van der Waals surface area contributed by atoms with Gasteiger partial charge in [0.15, 0.2) is 11.7 Å². The first-order valence-corrected chi connectivity index (χ1v) is 10.5. The zero-order valence-electron chi connectivity index (χ0n) is 18.7.